The Morgan fingerprint density at radius 2 is 1.71 bits per heavy atom. The largest absolute Gasteiger partial charge is 0.696 e. The van der Waals surface area contributed by atoms with Crippen molar-refractivity contribution < 1.29 is 9.22 Å². The van der Waals surface area contributed by atoms with Crippen LogP contribution >= 0.6 is 0 Å². The van der Waals surface area contributed by atoms with Crippen molar-refractivity contribution in [1.29, 1.82) is 5.26 Å². The fourth-order valence-corrected chi connectivity index (χ4v) is 2.45. The van der Waals surface area contributed by atoms with Gasteiger partial charge in [-0.25, -0.2) is 5.26 Å². The fourth-order valence-electron chi connectivity index (χ4n) is 2.45. The molecule has 1 saturated heterocycles. The first-order valence-corrected chi connectivity index (χ1v) is 6.84. The molecule has 17 heavy (non-hydrogen) atoms. The van der Waals surface area contributed by atoms with Crippen molar-refractivity contribution >= 4 is 12.6 Å². The third-order valence-corrected chi connectivity index (χ3v) is 2.95. The summed E-state index contributed by atoms with van der Waals surface area (Å²) in [5.74, 6) is 0.781. The molecule has 1 heterocycles. The molecule has 0 amide bonds. The Kier molecular flexibility index (Phi) is 8.49. The first-order valence-electron chi connectivity index (χ1n) is 6.43. The van der Waals surface area contributed by atoms with Crippen LogP contribution in [-0.4, -0.2) is 37.0 Å². The quantitative estimate of drug-likeness (QED) is 0.432. The summed E-state index contributed by atoms with van der Waals surface area (Å²) in [6.07, 6.45) is 3.14. The molecule has 0 radical (unpaired) electrons. The van der Waals surface area contributed by atoms with E-state index in [1.54, 1.807) is 0 Å². The van der Waals surface area contributed by atoms with Crippen LogP contribution in [0.15, 0.2) is 0 Å². The van der Waals surface area contributed by atoms with Crippen molar-refractivity contribution in [2.75, 3.05) is 26.4 Å². The van der Waals surface area contributed by atoms with E-state index in [9.17, 15) is 0 Å². The normalized spacial score (nSPS) is 17.7. The summed E-state index contributed by atoms with van der Waals surface area (Å²) in [5, 5.41) is 8.47. The number of nitriles is 1. The van der Waals surface area contributed by atoms with Crippen molar-refractivity contribution in [2.45, 2.75) is 46.6 Å². The van der Waals surface area contributed by atoms with Gasteiger partial charge < -0.3 is 21.8 Å². The molecule has 1 rings (SSSR count). The Hall–Kier alpha value is -0.370. The average Bonchev–Trinajstić information content (AvgIpc) is 2.64. The van der Waals surface area contributed by atoms with Crippen LogP contribution in [0.5, 0.6) is 0 Å². The number of quaternary nitrogens is 1. The summed E-state index contributed by atoms with van der Waals surface area (Å²) in [6, 6.07) is 0. The molecule has 1 fully saturated rings. The van der Waals surface area contributed by atoms with E-state index in [0.717, 1.165) is 12.6 Å². The van der Waals surface area contributed by atoms with Crippen molar-refractivity contribution in [1.82, 2.24) is 0 Å². The number of thiocyanates is 1. The topological polar surface area (TPSA) is 33.0 Å². The highest BCUT2D eigenvalue weighted by atomic mass is 32.1. The Morgan fingerprint density at radius 3 is 2.06 bits per heavy atom. The van der Waals surface area contributed by atoms with Gasteiger partial charge in [0.25, 0.3) is 0 Å². The number of ether oxygens (including phenoxy) is 1. The second-order valence-electron chi connectivity index (χ2n) is 5.51. The molecule has 0 aromatic rings. The predicted octanol–water partition coefficient (Wildman–Crippen LogP) is 2.65. The lowest BCUT2D eigenvalue weighted by Crippen LogP contribution is -2.49. The Balaban J connectivity index is 0.000000770. The van der Waals surface area contributed by atoms with Crippen molar-refractivity contribution in [3.05, 3.63) is 0 Å². The molecule has 0 unspecified atom stereocenters. The van der Waals surface area contributed by atoms with E-state index in [4.69, 9.17) is 10.00 Å². The van der Waals surface area contributed by atoms with Crippen molar-refractivity contribution in [3.8, 4) is 5.40 Å². The zero-order chi connectivity index (χ0) is 13.3. The van der Waals surface area contributed by atoms with Gasteiger partial charge in [0.2, 0.25) is 0 Å². The standard InChI is InChI=1S/C12H26NO.CHNS/c1-11(2)9-13(7-5-6-8-13)10-14-12(3)4;2-1-3/h11-12H,5-10H2,1-4H3;3H/q+1;/p-1. The van der Waals surface area contributed by atoms with Gasteiger partial charge in [0, 0.05) is 18.8 Å². The van der Waals surface area contributed by atoms with E-state index < -0.39 is 0 Å². The summed E-state index contributed by atoms with van der Waals surface area (Å²) in [5.41, 5.74) is 0. The summed E-state index contributed by atoms with van der Waals surface area (Å²) >= 11 is 3.70. The van der Waals surface area contributed by atoms with E-state index in [1.165, 1.54) is 42.4 Å². The minimum atomic E-state index is 0.373. The summed E-state index contributed by atoms with van der Waals surface area (Å²) in [4.78, 5) is 0. The lowest BCUT2D eigenvalue weighted by atomic mass is 10.2. The first-order chi connectivity index (χ1) is 7.95. The number of hydrogen-bond donors (Lipinski definition) is 0. The minimum Gasteiger partial charge on any atom is -0.696 e. The van der Waals surface area contributed by atoms with E-state index >= 15 is 0 Å². The molecule has 4 heteroatoms. The Morgan fingerprint density at radius 1 is 1.24 bits per heavy atom. The van der Waals surface area contributed by atoms with Crippen LogP contribution in [-0.2, 0) is 17.4 Å². The first kappa shape index (κ1) is 16.6. The van der Waals surface area contributed by atoms with Crippen molar-refractivity contribution in [3.63, 3.8) is 0 Å². The van der Waals surface area contributed by atoms with Gasteiger partial charge in [-0.05, 0) is 13.8 Å². The lowest BCUT2D eigenvalue weighted by Gasteiger charge is -2.35. The van der Waals surface area contributed by atoms with Crippen LogP contribution in [0.3, 0.4) is 0 Å². The highest BCUT2D eigenvalue weighted by Crippen LogP contribution is 2.21. The van der Waals surface area contributed by atoms with Crippen molar-refractivity contribution in [2.24, 2.45) is 5.92 Å². The molecule has 100 valence electrons. The van der Waals surface area contributed by atoms with Gasteiger partial charge in [-0.1, -0.05) is 19.2 Å². The molecule has 1 aliphatic heterocycles. The third-order valence-electron chi connectivity index (χ3n) is 2.95. The molecular weight excluding hydrogens is 232 g/mol. The Bertz CT molecular complexity index is 230. The maximum absolute atomic E-state index is 7.13. The molecular formula is C13H26N2OS. The van der Waals surface area contributed by atoms with E-state index in [-0.39, 0.29) is 0 Å². The minimum absolute atomic E-state index is 0.373. The van der Waals surface area contributed by atoms with E-state index in [0.29, 0.717) is 6.10 Å². The molecule has 1 aliphatic rings. The maximum atomic E-state index is 7.13. The SMILES string of the molecule is CC(C)C[N+]1(COC(C)C)CCCC1.N#C[S-]. The third kappa shape index (κ3) is 7.54. The van der Waals surface area contributed by atoms with Crippen LogP contribution in [0.4, 0.5) is 0 Å². The number of nitrogens with zero attached hydrogens (tertiary/aromatic N) is 2. The lowest BCUT2D eigenvalue weighted by molar-refractivity contribution is -0.938. The van der Waals surface area contributed by atoms with Crippen LogP contribution in [0, 0.1) is 16.6 Å². The van der Waals surface area contributed by atoms with Crippen LogP contribution in [0.2, 0.25) is 0 Å². The predicted molar refractivity (Wildman–Crippen MR) is 73.0 cm³/mol. The van der Waals surface area contributed by atoms with Gasteiger partial charge >= 0.3 is 0 Å². The van der Waals surface area contributed by atoms with Crippen LogP contribution < -0.4 is 0 Å². The molecule has 0 aliphatic carbocycles. The highest BCUT2D eigenvalue weighted by molar-refractivity contribution is 7.64. The smallest absolute Gasteiger partial charge is 0.183 e. The summed E-state index contributed by atoms with van der Waals surface area (Å²) in [6.45, 7) is 13.7. The van der Waals surface area contributed by atoms with Gasteiger partial charge in [0.05, 0.1) is 25.7 Å². The highest BCUT2D eigenvalue weighted by Gasteiger charge is 2.32. The average molecular weight is 258 g/mol. The summed E-state index contributed by atoms with van der Waals surface area (Å²) in [7, 11) is 0. The van der Waals surface area contributed by atoms with Gasteiger partial charge in [-0.2, -0.15) is 0 Å². The van der Waals surface area contributed by atoms with Gasteiger partial charge in [-0.3, -0.25) is 0 Å². The monoisotopic (exact) mass is 258 g/mol. The maximum Gasteiger partial charge on any atom is 0.183 e. The number of rotatable bonds is 5. The van der Waals surface area contributed by atoms with E-state index in [1.807, 2.05) is 0 Å². The Labute approximate surface area is 112 Å². The second-order valence-corrected chi connectivity index (χ2v) is 5.69. The molecule has 0 saturated carbocycles. The van der Waals surface area contributed by atoms with Gasteiger partial charge in [0.1, 0.15) is 0 Å². The zero-order valence-corrected chi connectivity index (χ0v) is 12.4. The molecule has 0 atom stereocenters. The second kappa shape index (κ2) is 8.68. The number of likely N-dealkylation sites (tertiary alicyclic amines) is 1. The number of hydrogen-bond acceptors (Lipinski definition) is 3. The molecule has 0 aromatic carbocycles. The molecule has 0 aromatic heterocycles. The van der Waals surface area contributed by atoms with E-state index in [2.05, 4.69) is 40.3 Å². The molecule has 3 nitrogen and oxygen atoms in total. The molecule has 0 spiro atoms. The van der Waals surface area contributed by atoms with Crippen LogP contribution in [0.1, 0.15) is 40.5 Å². The van der Waals surface area contributed by atoms with Crippen LogP contribution in [0.25, 0.3) is 0 Å². The van der Waals surface area contributed by atoms with Gasteiger partial charge in [-0.15, -0.1) is 0 Å². The zero-order valence-electron chi connectivity index (χ0n) is 11.6. The fraction of sp³-hybridized carbons (Fsp3) is 0.923. The molecule has 0 bridgehead atoms. The summed E-state index contributed by atoms with van der Waals surface area (Å²) < 4.78 is 7.01. The van der Waals surface area contributed by atoms with Gasteiger partial charge in [0.15, 0.2) is 6.73 Å². The molecule has 0 N–H and O–H groups in total.